The number of carbonyl (C=O) groups is 3. The molecule has 0 fully saturated rings. The third-order valence-electron chi connectivity index (χ3n) is 3.00. The molecular formula is C12H21NO6. The Kier molecular flexibility index (Phi) is 7.74. The first-order valence-corrected chi connectivity index (χ1v) is 6.22. The first kappa shape index (κ1) is 17.4. The van der Waals surface area contributed by atoms with E-state index in [1.807, 2.05) is 6.92 Å². The van der Waals surface area contributed by atoms with E-state index in [0.29, 0.717) is 6.54 Å². The summed E-state index contributed by atoms with van der Waals surface area (Å²) in [6, 6.07) is 0. The van der Waals surface area contributed by atoms with Gasteiger partial charge in [-0.15, -0.1) is 0 Å². The third-order valence-corrected chi connectivity index (χ3v) is 3.00. The molecule has 0 bridgehead atoms. The van der Waals surface area contributed by atoms with Crippen LogP contribution in [0, 0.1) is 0 Å². The van der Waals surface area contributed by atoms with Gasteiger partial charge in [-0.2, -0.15) is 0 Å². The van der Waals surface area contributed by atoms with Crippen LogP contribution in [0.1, 0.15) is 45.4 Å². The topological polar surface area (TPSA) is 124 Å². The van der Waals surface area contributed by atoms with Gasteiger partial charge < -0.3 is 20.6 Å². The minimum atomic E-state index is -0.979. The lowest BCUT2D eigenvalue weighted by molar-refractivity contribution is -0.137. The van der Waals surface area contributed by atoms with E-state index in [1.54, 1.807) is 0 Å². The van der Waals surface area contributed by atoms with Crippen LogP contribution in [0.5, 0.6) is 0 Å². The van der Waals surface area contributed by atoms with Crippen molar-refractivity contribution in [3.8, 4) is 0 Å². The van der Waals surface area contributed by atoms with Gasteiger partial charge in [-0.1, -0.05) is 6.92 Å². The first-order chi connectivity index (χ1) is 8.81. The fourth-order valence-corrected chi connectivity index (χ4v) is 2.05. The lowest BCUT2D eigenvalue weighted by Crippen LogP contribution is -2.46. The maximum absolute atomic E-state index is 10.7. The minimum absolute atomic E-state index is 0.119. The summed E-state index contributed by atoms with van der Waals surface area (Å²) in [5.74, 6) is -2.94. The van der Waals surface area contributed by atoms with Crippen molar-refractivity contribution < 1.29 is 29.7 Å². The van der Waals surface area contributed by atoms with E-state index in [0.717, 1.165) is 0 Å². The molecule has 0 heterocycles. The SMILES string of the molecule is CCNC(CCC(=O)O)(CCC(=O)O)CCC(=O)O. The Hall–Kier alpha value is -1.63. The fourth-order valence-electron chi connectivity index (χ4n) is 2.05. The molecule has 0 saturated heterocycles. The monoisotopic (exact) mass is 275 g/mol. The maximum Gasteiger partial charge on any atom is 0.303 e. The quantitative estimate of drug-likeness (QED) is 0.442. The molecule has 0 aliphatic rings. The van der Waals surface area contributed by atoms with E-state index in [-0.39, 0.29) is 38.5 Å². The van der Waals surface area contributed by atoms with Crippen LogP contribution in [0.4, 0.5) is 0 Å². The fraction of sp³-hybridized carbons (Fsp3) is 0.750. The molecule has 0 amide bonds. The molecule has 0 saturated carbocycles. The molecule has 0 rings (SSSR count). The first-order valence-electron chi connectivity index (χ1n) is 6.22. The summed E-state index contributed by atoms with van der Waals surface area (Å²) in [7, 11) is 0. The van der Waals surface area contributed by atoms with Gasteiger partial charge in [-0.05, 0) is 25.8 Å². The highest BCUT2D eigenvalue weighted by molar-refractivity contribution is 5.68. The Morgan fingerprint density at radius 2 is 1.16 bits per heavy atom. The van der Waals surface area contributed by atoms with Crippen LogP contribution >= 0.6 is 0 Å². The number of aliphatic carboxylic acids is 3. The van der Waals surface area contributed by atoms with Gasteiger partial charge in [0.05, 0.1) is 0 Å². The summed E-state index contributed by atoms with van der Waals surface area (Å²) < 4.78 is 0. The van der Waals surface area contributed by atoms with Crippen LogP contribution < -0.4 is 5.32 Å². The second-order valence-electron chi connectivity index (χ2n) is 4.49. The summed E-state index contributed by atoms with van der Waals surface area (Å²) in [6.45, 7) is 2.34. The van der Waals surface area contributed by atoms with Crippen LogP contribution in [0.15, 0.2) is 0 Å². The van der Waals surface area contributed by atoms with Gasteiger partial charge >= 0.3 is 17.9 Å². The molecule has 0 aromatic carbocycles. The van der Waals surface area contributed by atoms with E-state index >= 15 is 0 Å². The molecule has 0 unspecified atom stereocenters. The predicted octanol–water partition coefficient (Wildman–Crippen LogP) is 0.929. The summed E-state index contributed by atoms with van der Waals surface area (Å²) in [6.07, 6.45) is 0.301. The Morgan fingerprint density at radius 1 is 0.842 bits per heavy atom. The number of nitrogens with one attached hydrogen (secondary N) is 1. The second-order valence-corrected chi connectivity index (χ2v) is 4.49. The van der Waals surface area contributed by atoms with E-state index in [2.05, 4.69) is 5.32 Å². The highest BCUT2D eigenvalue weighted by atomic mass is 16.4. The zero-order chi connectivity index (χ0) is 14.9. The second kappa shape index (κ2) is 8.47. The number of hydrogen-bond donors (Lipinski definition) is 4. The van der Waals surface area contributed by atoms with Gasteiger partial charge in [-0.3, -0.25) is 14.4 Å². The van der Waals surface area contributed by atoms with Gasteiger partial charge in [0, 0.05) is 24.8 Å². The van der Waals surface area contributed by atoms with Gasteiger partial charge in [0.25, 0.3) is 0 Å². The van der Waals surface area contributed by atoms with Crippen molar-refractivity contribution >= 4 is 17.9 Å². The van der Waals surface area contributed by atoms with Crippen molar-refractivity contribution in [1.29, 1.82) is 0 Å². The molecule has 0 aromatic heterocycles. The van der Waals surface area contributed by atoms with Gasteiger partial charge in [-0.25, -0.2) is 0 Å². The predicted molar refractivity (Wildman–Crippen MR) is 67.0 cm³/mol. The van der Waals surface area contributed by atoms with Crippen LogP contribution in [-0.2, 0) is 14.4 Å². The average molecular weight is 275 g/mol. The molecule has 0 radical (unpaired) electrons. The minimum Gasteiger partial charge on any atom is -0.481 e. The molecule has 19 heavy (non-hydrogen) atoms. The molecule has 0 atom stereocenters. The summed E-state index contributed by atoms with van der Waals surface area (Å²) in [5, 5.41) is 29.3. The average Bonchev–Trinajstić information content (AvgIpc) is 2.31. The number of rotatable bonds is 11. The number of carboxylic acid groups (broad SMARTS) is 3. The molecule has 7 heteroatoms. The van der Waals surface area contributed by atoms with Crippen LogP contribution in [0.2, 0.25) is 0 Å². The van der Waals surface area contributed by atoms with E-state index < -0.39 is 23.4 Å². The molecule has 0 spiro atoms. The third kappa shape index (κ3) is 8.15. The van der Waals surface area contributed by atoms with E-state index in [4.69, 9.17) is 15.3 Å². The normalized spacial score (nSPS) is 11.2. The van der Waals surface area contributed by atoms with Gasteiger partial charge in [0.15, 0.2) is 0 Å². The Bertz CT molecular complexity index is 283. The van der Waals surface area contributed by atoms with Crippen LogP contribution in [0.3, 0.4) is 0 Å². The highest BCUT2D eigenvalue weighted by Gasteiger charge is 2.30. The summed E-state index contributed by atoms with van der Waals surface area (Å²) in [5.41, 5.74) is -0.746. The number of carboxylic acids is 3. The van der Waals surface area contributed by atoms with Crippen molar-refractivity contribution in [3.63, 3.8) is 0 Å². The Labute approximate surface area is 111 Å². The van der Waals surface area contributed by atoms with Crippen molar-refractivity contribution in [3.05, 3.63) is 0 Å². The van der Waals surface area contributed by atoms with Crippen molar-refractivity contribution in [2.75, 3.05) is 6.54 Å². The van der Waals surface area contributed by atoms with Gasteiger partial charge in [0.2, 0.25) is 0 Å². The Morgan fingerprint density at radius 3 is 1.37 bits per heavy atom. The molecule has 0 aromatic rings. The van der Waals surface area contributed by atoms with Crippen LogP contribution in [0.25, 0.3) is 0 Å². The Balaban J connectivity index is 4.79. The molecular weight excluding hydrogens is 254 g/mol. The van der Waals surface area contributed by atoms with Crippen molar-refractivity contribution in [2.24, 2.45) is 0 Å². The summed E-state index contributed by atoms with van der Waals surface area (Å²) >= 11 is 0. The van der Waals surface area contributed by atoms with Crippen molar-refractivity contribution in [2.45, 2.75) is 51.0 Å². The largest absolute Gasteiger partial charge is 0.481 e. The number of hydrogen-bond acceptors (Lipinski definition) is 4. The maximum atomic E-state index is 10.7. The van der Waals surface area contributed by atoms with Crippen molar-refractivity contribution in [1.82, 2.24) is 5.32 Å². The van der Waals surface area contributed by atoms with E-state index in [1.165, 1.54) is 0 Å². The zero-order valence-corrected chi connectivity index (χ0v) is 11.0. The molecule has 110 valence electrons. The smallest absolute Gasteiger partial charge is 0.303 e. The molecule has 4 N–H and O–H groups in total. The van der Waals surface area contributed by atoms with E-state index in [9.17, 15) is 14.4 Å². The summed E-state index contributed by atoms with van der Waals surface area (Å²) in [4.78, 5) is 32.0. The molecule has 0 aliphatic heterocycles. The van der Waals surface area contributed by atoms with Crippen LogP contribution in [-0.4, -0.2) is 45.3 Å². The highest BCUT2D eigenvalue weighted by Crippen LogP contribution is 2.25. The standard InChI is InChI=1S/C12H21NO6/c1-2-13-12(6-3-9(14)15,7-4-10(16)17)8-5-11(18)19/h13H,2-8H2,1H3,(H,14,15)(H,16,17)(H,18,19). The molecule has 7 nitrogen and oxygen atoms in total. The lowest BCUT2D eigenvalue weighted by atomic mass is 9.83. The lowest BCUT2D eigenvalue weighted by Gasteiger charge is -2.34. The molecule has 0 aliphatic carbocycles. The zero-order valence-electron chi connectivity index (χ0n) is 11.0. The van der Waals surface area contributed by atoms with Gasteiger partial charge in [0.1, 0.15) is 0 Å².